The summed E-state index contributed by atoms with van der Waals surface area (Å²) < 4.78 is 15.5. The summed E-state index contributed by atoms with van der Waals surface area (Å²) in [6.07, 6.45) is 3.07. The average molecular weight is 229 g/mol. The van der Waals surface area contributed by atoms with Crippen LogP contribution < -0.4 is 0 Å². The normalized spacial score (nSPS) is 10.9. The fourth-order valence-corrected chi connectivity index (χ4v) is 1.79. The number of fused-ring (bicyclic) bond motifs is 1. The fourth-order valence-electron chi connectivity index (χ4n) is 1.18. The molecule has 0 aliphatic carbocycles. The van der Waals surface area contributed by atoms with Gasteiger partial charge >= 0.3 is 0 Å². The van der Waals surface area contributed by atoms with Crippen LogP contribution in [0.4, 0.5) is 4.39 Å². The molecular formula is C8H6BrFN2. The molecule has 0 saturated heterocycles. The molecule has 0 fully saturated rings. The Kier molecular flexibility index (Phi) is 1.65. The Hall–Kier alpha value is -0.900. The molecule has 0 atom stereocenters. The molecule has 0 aliphatic heterocycles. The van der Waals surface area contributed by atoms with Gasteiger partial charge in [0.2, 0.25) is 0 Å². The van der Waals surface area contributed by atoms with Crippen LogP contribution in [0.2, 0.25) is 0 Å². The van der Waals surface area contributed by atoms with Gasteiger partial charge in [-0.25, -0.2) is 4.39 Å². The molecule has 12 heavy (non-hydrogen) atoms. The highest BCUT2D eigenvalue weighted by atomic mass is 79.9. The highest BCUT2D eigenvalue weighted by Gasteiger charge is 2.05. The first-order valence-corrected chi connectivity index (χ1v) is 4.24. The van der Waals surface area contributed by atoms with Crippen molar-refractivity contribution in [2.75, 3.05) is 0 Å². The molecular weight excluding hydrogens is 223 g/mol. The Bertz CT molecular complexity index is 436. The van der Waals surface area contributed by atoms with Gasteiger partial charge in [0.25, 0.3) is 0 Å². The first kappa shape index (κ1) is 7.73. The maximum atomic E-state index is 12.7. The van der Waals surface area contributed by atoms with E-state index in [1.165, 1.54) is 12.3 Å². The molecule has 0 saturated carbocycles. The number of aryl methyl sites for hydroxylation is 1. The number of pyridine rings is 1. The van der Waals surface area contributed by atoms with Crippen molar-refractivity contribution in [2.24, 2.45) is 7.05 Å². The molecule has 0 spiro atoms. The lowest BCUT2D eigenvalue weighted by atomic mass is 10.4. The monoisotopic (exact) mass is 228 g/mol. The second kappa shape index (κ2) is 2.55. The Morgan fingerprint density at radius 2 is 2.33 bits per heavy atom. The minimum atomic E-state index is -0.309. The lowest BCUT2D eigenvalue weighted by Gasteiger charge is -1.93. The molecule has 0 aromatic carbocycles. The summed E-state index contributed by atoms with van der Waals surface area (Å²) in [5.41, 5.74) is 1.58. The molecule has 0 N–H and O–H groups in total. The number of hydrogen-bond donors (Lipinski definition) is 0. The quantitative estimate of drug-likeness (QED) is 0.678. The van der Waals surface area contributed by atoms with Crippen molar-refractivity contribution < 1.29 is 4.39 Å². The van der Waals surface area contributed by atoms with E-state index in [-0.39, 0.29) is 5.82 Å². The van der Waals surface area contributed by atoms with Crippen LogP contribution in [-0.4, -0.2) is 9.55 Å². The van der Waals surface area contributed by atoms with Crippen molar-refractivity contribution in [3.05, 3.63) is 28.7 Å². The Balaban J connectivity index is 2.90. The molecule has 0 bridgehead atoms. The van der Waals surface area contributed by atoms with Gasteiger partial charge in [0.1, 0.15) is 11.3 Å². The summed E-state index contributed by atoms with van der Waals surface area (Å²) in [7, 11) is 1.86. The number of rotatable bonds is 0. The van der Waals surface area contributed by atoms with Crippen LogP contribution in [0.15, 0.2) is 22.9 Å². The van der Waals surface area contributed by atoms with Crippen molar-refractivity contribution in [3.63, 3.8) is 0 Å². The zero-order valence-corrected chi connectivity index (χ0v) is 7.97. The Morgan fingerprint density at radius 3 is 3.08 bits per heavy atom. The molecule has 0 amide bonds. The van der Waals surface area contributed by atoms with Crippen LogP contribution in [0, 0.1) is 5.82 Å². The van der Waals surface area contributed by atoms with E-state index >= 15 is 0 Å². The molecule has 2 rings (SSSR count). The zero-order chi connectivity index (χ0) is 8.72. The van der Waals surface area contributed by atoms with E-state index in [2.05, 4.69) is 20.9 Å². The molecule has 4 heteroatoms. The van der Waals surface area contributed by atoms with Gasteiger partial charge in [0.15, 0.2) is 0 Å². The smallest absolute Gasteiger partial charge is 0.143 e. The van der Waals surface area contributed by atoms with E-state index in [0.29, 0.717) is 0 Å². The zero-order valence-electron chi connectivity index (χ0n) is 6.38. The summed E-state index contributed by atoms with van der Waals surface area (Å²) in [4.78, 5) is 3.96. The van der Waals surface area contributed by atoms with Gasteiger partial charge < -0.3 is 4.57 Å². The third-order valence-corrected chi connectivity index (χ3v) is 2.33. The lowest BCUT2D eigenvalue weighted by molar-refractivity contribution is 0.623. The number of hydrogen-bond acceptors (Lipinski definition) is 1. The first-order valence-electron chi connectivity index (χ1n) is 3.44. The maximum Gasteiger partial charge on any atom is 0.143 e. The van der Waals surface area contributed by atoms with Gasteiger partial charge in [0, 0.05) is 19.3 Å². The van der Waals surface area contributed by atoms with Crippen LogP contribution in [0.3, 0.4) is 0 Å². The lowest BCUT2D eigenvalue weighted by Crippen LogP contribution is -1.85. The van der Waals surface area contributed by atoms with Crippen molar-refractivity contribution in [2.45, 2.75) is 0 Å². The van der Waals surface area contributed by atoms with E-state index in [9.17, 15) is 4.39 Å². The van der Waals surface area contributed by atoms with Gasteiger partial charge in [-0.3, -0.25) is 4.98 Å². The SMILES string of the molecule is Cn1cc(Br)c2ncc(F)cc21. The van der Waals surface area contributed by atoms with E-state index in [0.717, 1.165) is 15.5 Å². The van der Waals surface area contributed by atoms with E-state index in [1.54, 1.807) is 0 Å². The van der Waals surface area contributed by atoms with Gasteiger partial charge in [-0.05, 0) is 15.9 Å². The molecule has 2 aromatic rings. The minimum absolute atomic E-state index is 0.309. The third kappa shape index (κ3) is 1.03. The topological polar surface area (TPSA) is 17.8 Å². The molecule has 2 nitrogen and oxygen atoms in total. The Labute approximate surface area is 77.1 Å². The molecule has 2 aromatic heterocycles. The predicted molar refractivity (Wildman–Crippen MR) is 48.4 cm³/mol. The minimum Gasteiger partial charge on any atom is -0.348 e. The van der Waals surface area contributed by atoms with Gasteiger partial charge in [-0.15, -0.1) is 0 Å². The summed E-state index contributed by atoms with van der Waals surface area (Å²) in [5.74, 6) is -0.309. The summed E-state index contributed by atoms with van der Waals surface area (Å²) in [5, 5.41) is 0. The number of aromatic nitrogens is 2. The largest absolute Gasteiger partial charge is 0.348 e. The van der Waals surface area contributed by atoms with Gasteiger partial charge in [-0.1, -0.05) is 0 Å². The second-order valence-electron chi connectivity index (χ2n) is 2.61. The molecule has 0 unspecified atom stereocenters. The van der Waals surface area contributed by atoms with Crippen LogP contribution in [-0.2, 0) is 7.05 Å². The third-order valence-electron chi connectivity index (χ3n) is 1.75. The van der Waals surface area contributed by atoms with E-state index in [4.69, 9.17) is 0 Å². The van der Waals surface area contributed by atoms with Gasteiger partial charge in [0.05, 0.1) is 16.2 Å². The summed E-state index contributed by atoms with van der Waals surface area (Å²) in [6, 6.07) is 1.47. The maximum absolute atomic E-state index is 12.7. The van der Waals surface area contributed by atoms with Crippen molar-refractivity contribution in [3.8, 4) is 0 Å². The van der Waals surface area contributed by atoms with Crippen molar-refractivity contribution >= 4 is 27.0 Å². The van der Waals surface area contributed by atoms with Crippen LogP contribution in [0.25, 0.3) is 11.0 Å². The second-order valence-corrected chi connectivity index (χ2v) is 3.46. The molecule has 2 heterocycles. The van der Waals surface area contributed by atoms with Gasteiger partial charge in [-0.2, -0.15) is 0 Å². The van der Waals surface area contributed by atoms with Crippen LogP contribution >= 0.6 is 15.9 Å². The summed E-state index contributed by atoms with van der Waals surface area (Å²) >= 11 is 3.34. The number of halogens is 2. The van der Waals surface area contributed by atoms with E-state index in [1.807, 2.05) is 17.8 Å². The fraction of sp³-hybridized carbons (Fsp3) is 0.125. The van der Waals surface area contributed by atoms with Crippen LogP contribution in [0.1, 0.15) is 0 Å². The molecule has 0 aliphatic rings. The molecule has 0 radical (unpaired) electrons. The number of nitrogens with zero attached hydrogens (tertiary/aromatic N) is 2. The predicted octanol–water partition coefficient (Wildman–Crippen LogP) is 2.47. The van der Waals surface area contributed by atoms with Crippen molar-refractivity contribution in [1.82, 2.24) is 9.55 Å². The molecule has 62 valence electrons. The first-order chi connectivity index (χ1) is 5.68. The van der Waals surface area contributed by atoms with Crippen LogP contribution in [0.5, 0.6) is 0 Å². The van der Waals surface area contributed by atoms with E-state index < -0.39 is 0 Å². The summed E-state index contributed by atoms with van der Waals surface area (Å²) in [6.45, 7) is 0. The van der Waals surface area contributed by atoms with Crippen molar-refractivity contribution in [1.29, 1.82) is 0 Å². The Morgan fingerprint density at radius 1 is 1.58 bits per heavy atom. The highest BCUT2D eigenvalue weighted by molar-refractivity contribution is 9.10. The highest BCUT2D eigenvalue weighted by Crippen LogP contribution is 2.23. The average Bonchev–Trinajstić information content (AvgIpc) is 2.28. The standard InChI is InChI=1S/C8H6BrFN2/c1-12-4-6(9)8-7(12)2-5(10)3-11-8/h2-4H,1H3.